The largest absolute Gasteiger partial charge is 0.406 e. The topological polar surface area (TPSA) is 24.9 Å². The highest BCUT2D eigenvalue weighted by Gasteiger charge is 2.23. The Morgan fingerprint density at radius 3 is 1.56 bits per heavy atom. The van der Waals surface area contributed by atoms with Crippen LogP contribution in [0.2, 0.25) is 0 Å². The van der Waals surface area contributed by atoms with Crippen molar-refractivity contribution in [2.45, 2.75) is 58.1 Å². The third kappa shape index (κ3) is 8.16. The highest BCUT2D eigenvalue weighted by atomic mass is 32.2. The number of aryl methyl sites for hydroxylation is 2. The lowest BCUT2D eigenvalue weighted by atomic mass is 9.81. The molecule has 0 aliphatic heterocycles. The second kappa shape index (κ2) is 15.1. The van der Waals surface area contributed by atoms with E-state index in [0.29, 0.717) is 0 Å². The summed E-state index contributed by atoms with van der Waals surface area (Å²) in [5.41, 5.74) is 7.53. The molecule has 0 aliphatic carbocycles. The van der Waals surface area contributed by atoms with Crippen LogP contribution >= 0.6 is 11.8 Å². The van der Waals surface area contributed by atoms with E-state index >= 15 is 0 Å². The van der Waals surface area contributed by atoms with Crippen LogP contribution in [0, 0.1) is 13.8 Å². The Kier molecular flexibility index (Phi) is 11.3. The molecule has 0 N–H and O–H groups in total. The van der Waals surface area contributed by atoms with Crippen LogP contribution in [0.15, 0.2) is 95.9 Å². The van der Waals surface area contributed by atoms with Crippen molar-refractivity contribution < 1.29 is 9.68 Å². The number of hydrogen-bond acceptors (Lipinski definition) is 5. The molecule has 0 amide bonds. The zero-order valence-electron chi connectivity index (χ0n) is 25.4. The lowest BCUT2D eigenvalue weighted by Crippen LogP contribution is -2.27. The molecule has 4 nitrogen and oxygen atoms in total. The molecule has 216 valence electrons. The van der Waals surface area contributed by atoms with E-state index in [9.17, 15) is 0 Å². The summed E-state index contributed by atoms with van der Waals surface area (Å²) < 4.78 is 0. The number of hydrogen-bond donors (Lipinski definition) is 0. The third-order valence-corrected chi connectivity index (χ3v) is 8.55. The smallest absolute Gasteiger partial charge is 0.147 e. The Hall–Kier alpha value is -3.25. The van der Waals surface area contributed by atoms with E-state index in [4.69, 9.17) is 9.68 Å². The molecule has 4 aromatic rings. The van der Waals surface area contributed by atoms with Crippen molar-refractivity contribution >= 4 is 11.8 Å². The lowest BCUT2D eigenvalue weighted by molar-refractivity contribution is -0.0487. The molecule has 0 aliphatic rings. The maximum absolute atomic E-state index is 6.26. The summed E-state index contributed by atoms with van der Waals surface area (Å²) in [6.45, 7) is 16.2. The molecule has 0 radical (unpaired) electrons. The molecule has 0 saturated carbocycles. The molecule has 0 heterocycles. The van der Waals surface area contributed by atoms with Crippen LogP contribution in [0.25, 0.3) is 0 Å². The fourth-order valence-corrected chi connectivity index (χ4v) is 5.85. The van der Waals surface area contributed by atoms with Gasteiger partial charge in [0, 0.05) is 42.7 Å². The molecule has 41 heavy (non-hydrogen) atoms. The maximum atomic E-state index is 6.26. The average molecular weight is 569 g/mol. The summed E-state index contributed by atoms with van der Waals surface area (Å²) in [4.78, 5) is 13.8. The van der Waals surface area contributed by atoms with Crippen molar-refractivity contribution in [1.29, 1.82) is 0 Å². The molecule has 4 rings (SSSR count). The first kappa shape index (κ1) is 30.7. The van der Waals surface area contributed by atoms with E-state index in [1.54, 1.807) is 0 Å². The van der Waals surface area contributed by atoms with Gasteiger partial charge in [0.05, 0.1) is 0 Å². The monoisotopic (exact) mass is 568 g/mol. The van der Waals surface area contributed by atoms with Gasteiger partial charge in [0.1, 0.15) is 11.5 Å². The van der Waals surface area contributed by atoms with Crippen LogP contribution in [0.4, 0.5) is 0 Å². The Balaban J connectivity index is 1.74. The minimum Gasteiger partial charge on any atom is -0.406 e. The number of rotatable bonds is 14. The van der Waals surface area contributed by atoms with E-state index < -0.39 is 0 Å². The lowest BCUT2D eigenvalue weighted by Gasteiger charge is -2.26. The van der Waals surface area contributed by atoms with Crippen molar-refractivity contribution in [2.75, 3.05) is 26.2 Å². The zero-order valence-corrected chi connectivity index (χ0v) is 26.2. The van der Waals surface area contributed by atoms with Crippen molar-refractivity contribution in [3.63, 3.8) is 0 Å². The quantitative estimate of drug-likeness (QED) is 0.0858. The first-order chi connectivity index (χ1) is 19.9. The third-order valence-electron chi connectivity index (χ3n) is 7.47. The van der Waals surface area contributed by atoms with E-state index in [1.807, 2.05) is 21.9 Å². The van der Waals surface area contributed by atoms with Gasteiger partial charge in [-0.25, -0.2) is 0 Å². The summed E-state index contributed by atoms with van der Waals surface area (Å²) in [6.07, 6.45) is 0. The van der Waals surface area contributed by atoms with Gasteiger partial charge in [0.15, 0.2) is 0 Å². The van der Waals surface area contributed by atoms with Crippen molar-refractivity contribution in [2.24, 2.45) is 0 Å². The average Bonchev–Trinajstić information content (AvgIpc) is 3.01. The van der Waals surface area contributed by atoms with Gasteiger partial charge in [-0.1, -0.05) is 54.6 Å². The summed E-state index contributed by atoms with van der Waals surface area (Å²) in [7, 11) is 0. The molecule has 0 saturated heterocycles. The van der Waals surface area contributed by atoms with E-state index in [2.05, 4.69) is 133 Å². The molecule has 0 bridgehead atoms. The number of thioether (sulfide) groups is 1. The van der Waals surface area contributed by atoms with Gasteiger partial charge in [-0.05, 0) is 111 Å². The predicted octanol–water partition coefficient (Wildman–Crippen LogP) is 9.05. The zero-order chi connectivity index (χ0) is 29.2. The fourth-order valence-electron chi connectivity index (χ4n) is 5.00. The first-order valence-corrected chi connectivity index (χ1v) is 15.8. The molecule has 0 spiro atoms. The predicted molar refractivity (Wildman–Crippen MR) is 173 cm³/mol. The SMILES string of the molecule is CCN(CC)Oc1ccc(C)c(C(c2ccc(SCc3ccccc3)cc2)c2cc(ON(CC)CC)ccc2C)c1. The Bertz CT molecular complexity index is 1300. The molecular formula is C36H44N2O2S. The molecule has 5 heteroatoms. The van der Waals surface area contributed by atoms with Gasteiger partial charge >= 0.3 is 0 Å². The minimum absolute atomic E-state index is 0.0312. The van der Waals surface area contributed by atoms with Crippen LogP contribution in [0.3, 0.4) is 0 Å². The maximum Gasteiger partial charge on any atom is 0.147 e. The van der Waals surface area contributed by atoms with E-state index in [1.165, 1.54) is 38.3 Å². The van der Waals surface area contributed by atoms with E-state index in [-0.39, 0.29) is 5.92 Å². The molecule has 4 aromatic carbocycles. The molecule has 0 aromatic heterocycles. The van der Waals surface area contributed by atoms with Crippen LogP contribution in [0.5, 0.6) is 11.5 Å². The Morgan fingerprint density at radius 2 is 1.10 bits per heavy atom. The highest BCUT2D eigenvalue weighted by Crippen LogP contribution is 2.39. The molecule has 0 unspecified atom stereocenters. The van der Waals surface area contributed by atoms with Gasteiger partial charge in [-0.2, -0.15) is 0 Å². The first-order valence-electron chi connectivity index (χ1n) is 14.8. The normalized spacial score (nSPS) is 11.4. The van der Waals surface area contributed by atoms with Crippen molar-refractivity contribution in [1.82, 2.24) is 10.1 Å². The van der Waals surface area contributed by atoms with Gasteiger partial charge in [0.2, 0.25) is 0 Å². The molecule has 0 fully saturated rings. The fraction of sp³-hybridized carbons (Fsp3) is 0.333. The summed E-state index contributed by atoms with van der Waals surface area (Å²) in [5, 5.41) is 3.96. The molecule has 0 atom stereocenters. The van der Waals surface area contributed by atoms with Crippen LogP contribution in [-0.2, 0) is 5.75 Å². The Morgan fingerprint density at radius 1 is 0.610 bits per heavy atom. The highest BCUT2D eigenvalue weighted by molar-refractivity contribution is 7.98. The van der Waals surface area contributed by atoms with Crippen molar-refractivity contribution in [3.05, 3.63) is 124 Å². The summed E-state index contributed by atoms with van der Waals surface area (Å²) in [5.74, 6) is 2.71. The van der Waals surface area contributed by atoms with Gasteiger partial charge < -0.3 is 9.68 Å². The van der Waals surface area contributed by atoms with Gasteiger partial charge in [-0.15, -0.1) is 21.9 Å². The minimum atomic E-state index is 0.0312. The van der Waals surface area contributed by atoms with Gasteiger partial charge in [0.25, 0.3) is 0 Å². The van der Waals surface area contributed by atoms with Crippen LogP contribution in [0.1, 0.15) is 67.0 Å². The van der Waals surface area contributed by atoms with Crippen LogP contribution < -0.4 is 9.68 Å². The summed E-state index contributed by atoms with van der Waals surface area (Å²) >= 11 is 1.87. The van der Waals surface area contributed by atoms with Gasteiger partial charge in [-0.3, -0.25) is 0 Å². The molecular weight excluding hydrogens is 524 g/mol. The standard InChI is InChI=1S/C36H44N2O2S/c1-7-37(8-2)39-31-20-16-27(5)34(24-31)36(35-25-32(21-17-28(35)6)40-38(9-3)10-4)30-18-22-33(23-19-30)41-26-29-14-12-11-13-15-29/h11-25,36H,7-10,26H2,1-6H3. The van der Waals surface area contributed by atoms with E-state index in [0.717, 1.165) is 43.4 Å². The number of benzene rings is 4. The second-order valence-electron chi connectivity index (χ2n) is 10.2. The Labute approximate surface area is 251 Å². The van der Waals surface area contributed by atoms with Crippen LogP contribution in [-0.4, -0.2) is 36.3 Å². The summed E-state index contributed by atoms with van der Waals surface area (Å²) in [6, 6.07) is 32.7. The number of hydroxylamine groups is 4. The second-order valence-corrected chi connectivity index (χ2v) is 11.3. The van der Waals surface area contributed by atoms with Crippen molar-refractivity contribution in [3.8, 4) is 11.5 Å². The number of nitrogens with zero attached hydrogens (tertiary/aromatic N) is 2.